The van der Waals surface area contributed by atoms with E-state index < -0.39 is 5.97 Å². The molecule has 0 radical (unpaired) electrons. The molecule has 9 heteroatoms. The van der Waals surface area contributed by atoms with Crippen molar-refractivity contribution < 1.29 is 24.2 Å². The largest absolute Gasteiger partial charge is 0.506 e. The third-order valence-corrected chi connectivity index (χ3v) is 6.28. The molecule has 8 nitrogen and oxygen atoms in total. The molecule has 1 amide bonds. The second-order valence-corrected chi connectivity index (χ2v) is 8.00. The van der Waals surface area contributed by atoms with Crippen LogP contribution in [0.2, 0.25) is 0 Å². The highest BCUT2D eigenvalue weighted by atomic mass is 35.5. The Balaban J connectivity index is 1.61. The van der Waals surface area contributed by atoms with Crippen LogP contribution in [0.5, 0.6) is 11.5 Å². The number of aromatic amines is 2. The zero-order valence-electron chi connectivity index (χ0n) is 17.4. The van der Waals surface area contributed by atoms with Crippen LogP contribution in [-0.4, -0.2) is 53.6 Å². The van der Waals surface area contributed by atoms with E-state index in [1.54, 1.807) is 24.1 Å². The summed E-state index contributed by atoms with van der Waals surface area (Å²) >= 11 is 6.26. The molecule has 1 atom stereocenters. The van der Waals surface area contributed by atoms with Crippen molar-refractivity contribution in [2.45, 2.75) is 5.92 Å². The summed E-state index contributed by atoms with van der Waals surface area (Å²) in [5.74, 6) is -0.0369. The minimum absolute atomic E-state index is 0.0664. The van der Waals surface area contributed by atoms with Crippen molar-refractivity contribution in [3.8, 4) is 11.5 Å². The standard InChI is InChI=1S/C23H20ClN3O5/c1-31-13-3-4-15-11(5-13)6-16(25-15)22(29)27-10-12(9-24)20-14-7-17(23(30)32-2)26-21(14)19(28)8-18(20)27/h3-8,12,25-26,28H,9-10H2,1-2H3. The molecule has 3 N–H and O–H groups in total. The van der Waals surface area contributed by atoms with Crippen molar-refractivity contribution in [1.82, 2.24) is 9.97 Å². The lowest BCUT2D eigenvalue weighted by molar-refractivity contribution is 0.0595. The Labute approximate surface area is 187 Å². The van der Waals surface area contributed by atoms with E-state index in [4.69, 9.17) is 21.1 Å². The summed E-state index contributed by atoms with van der Waals surface area (Å²) in [4.78, 5) is 33.1. The monoisotopic (exact) mass is 453 g/mol. The van der Waals surface area contributed by atoms with Crippen LogP contribution >= 0.6 is 11.6 Å². The number of halogens is 1. The molecule has 1 aliphatic heterocycles. The summed E-state index contributed by atoms with van der Waals surface area (Å²) in [5.41, 5.74) is 3.23. The van der Waals surface area contributed by atoms with E-state index in [-0.39, 0.29) is 29.1 Å². The number of benzene rings is 2. The van der Waals surface area contributed by atoms with Crippen LogP contribution in [0.15, 0.2) is 36.4 Å². The van der Waals surface area contributed by atoms with Crippen molar-refractivity contribution >= 4 is 51.0 Å². The smallest absolute Gasteiger partial charge is 0.354 e. The number of H-pyrrole nitrogens is 2. The van der Waals surface area contributed by atoms with Crippen molar-refractivity contribution in [3.05, 3.63) is 53.3 Å². The number of esters is 1. The number of phenols is 1. The van der Waals surface area contributed by atoms with Gasteiger partial charge in [-0.2, -0.15) is 0 Å². The number of carbonyl (C=O) groups is 2. The molecule has 164 valence electrons. The molecule has 0 bridgehead atoms. The van der Waals surface area contributed by atoms with Gasteiger partial charge >= 0.3 is 5.97 Å². The van der Waals surface area contributed by atoms with Crippen molar-refractivity contribution in [2.75, 3.05) is 31.5 Å². The number of ether oxygens (including phenoxy) is 2. The Bertz CT molecular complexity index is 1390. The maximum Gasteiger partial charge on any atom is 0.354 e. The van der Waals surface area contributed by atoms with Crippen LogP contribution in [-0.2, 0) is 4.74 Å². The first-order chi connectivity index (χ1) is 15.4. The molecule has 1 aliphatic rings. The number of nitrogens with zero attached hydrogens (tertiary/aromatic N) is 1. The minimum atomic E-state index is -0.545. The molecule has 32 heavy (non-hydrogen) atoms. The number of carbonyl (C=O) groups excluding carboxylic acids is 2. The average Bonchev–Trinajstić information content (AvgIpc) is 3.52. The van der Waals surface area contributed by atoms with Gasteiger partial charge in [-0.3, -0.25) is 4.79 Å². The zero-order valence-corrected chi connectivity index (χ0v) is 18.1. The van der Waals surface area contributed by atoms with Crippen molar-refractivity contribution in [1.29, 1.82) is 0 Å². The van der Waals surface area contributed by atoms with E-state index >= 15 is 0 Å². The van der Waals surface area contributed by atoms with Crippen LogP contribution in [0.1, 0.15) is 32.5 Å². The number of methoxy groups -OCH3 is 2. The summed E-state index contributed by atoms with van der Waals surface area (Å²) in [5, 5.41) is 12.1. The normalized spacial score (nSPS) is 15.3. The molecule has 0 aliphatic carbocycles. The molecular weight excluding hydrogens is 434 g/mol. The Hall–Kier alpha value is -3.65. The van der Waals surface area contributed by atoms with Crippen LogP contribution in [0.4, 0.5) is 5.69 Å². The molecular formula is C23H20ClN3O5. The number of alkyl halides is 1. The van der Waals surface area contributed by atoms with E-state index in [1.807, 2.05) is 18.2 Å². The number of aromatic nitrogens is 2. The van der Waals surface area contributed by atoms with Gasteiger partial charge in [0, 0.05) is 40.7 Å². The highest BCUT2D eigenvalue weighted by Gasteiger charge is 2.36. The highest BCUT2D eigenvalue weighted by Crippen LogP contribution is 2.46. The van der Waals surface area contributed by atoms with Crippen molar-refractivity contribution in [2.24, 2.45) is 0 Å². The third-order valence-electron chi connectivity index (χ3n) is 5.91. The van der Waals surface area contributed by atoms with Gasteiger partial charge in [-0.1, -0.05) is 0 Å². The number of anilines is 1. The maximum absolute atomic E-state index is 13.5. The number of rotatable bonds is 4. The zero-order chi connectivity index (χ0) is 22.6. The molecule has 2 aromatic carbocycles. The number of nitrogens with one attached hydrogen (secondary N) is 2. The number of fused-ring (bicyclic) bond motifs is 4. The van der Waals surface area contributed by atoms with Gasteiger partial charge < -0.3 is 29.4 Å². The van der Waals surface area contributed by atoms with E-state index in [2.05, 4.69) is 9.97 Å². The second kappa shape index (κ2) is 7.49. The van der Waals surface area contributed by atoms with Gasteiger partial charge in [0.15, 0.2) is 0 Å². The molecule has 0 fully saturated rings. The fraction of sp³-hybridized carbons (Fsp3) is 0.217. The molecule has 3 heterocycles. The Morgan fingerprint density at radius 3 is 2.69 bits per heavy atom. The van der Waals surface area contributed by atoms with E-state index in [0.29, 0.717) is 34.6 Å². The van der Waals surface area contributed by atoms with Gasteiger partial charge in [-0.25, -0.2) is 4.79 Å². The first kappa shape index (κ1) is 20.3. The number of amides is 1. The van der Waals surface area contributed by atoms with Crippen LogP contribution in [0, 0.1) is 0 Å². The molecule has 0 saturated carbocycles. The third kappa shape index (κ3) is 2.98. The fourth-order valence-electron chi connectivity index (χ4n) is 4.39. The van der Waals surface area contributed by atoms with E-state index in [0.717, 1.165) is 16.5 Å². The van der Waals surface area contributed by atoms with Crippen LogP contribution < -0.4 is 9.64 Å². The predicted octanol–water partition coefficient (Wildman–Crippen LogP) is 4.13. The van der Waals surface area contributed by atoms with E-state index in [9.17, 15) is 14.7 Å². The summed E-state index contributed by atoms with van der Waals surface area (Å²) in [7, 11) is 2.88. The first-order valence-electron chi connectivity index (χ1n) is 9.96. The molecule has 2 aromatic heterocycles. The lowest BCUT2D eigenvalue weighted by Crippen LogP contribution is -2.30. The SMILES string of the molecule is COC(=O)c1cc2c3c(cc(O)c2[nH]1)N(C(=O)c1cc2cc(OC)ccc2[nH]1)CC3CCl. The Morgan fingerprint density at radius 1 is 1.16 bits per heavy atom. The topological polar surface area (TPSA) is 108 Å². The summed E-state index contributed by atoms with van der Waals surface area (Å²) in [6.07, 6.45) is 0. The van der Waals surface area contributed by atoms with Gasteiger partial charge in [0.05, 0.1) is 25.4 Å². The Kier molecular flexibility index (Phi) is 4.74. The lowest BCUT2D eigenvalue weighted by atomic mass is 9.98. The van der Waals surface area contributed by atoms with E-state index in [1.165, 1.54) is 13.2 Å². The van der Waals surface area contributed by atoms with Gasteiger partial charge in [-0.05, 0) is 35.9 Å². The van der Waals surface area contributed by atoms with Gasteiger partial charge in [-0.15, -0.1) is 11.6 Å². The van der Waals surface area contributed by atoms with Gasteiger partial charge in [0.2, 0.25) is 0 Å². The van der Waals surface area contributed by atoms with Gasteiger partial charge in [0.1, 0.15) is 22.9 Å². The Morgan fingerprint density at radius 2 is 1.97 bits per heavy atom. The van der Waals surface area contributed by atoms with Crippen molar-refractivity contribution in [3.63, 3.8) is 0 Å². The van der Waals surface area contributed by atoms with Crippen LogP contribution in [0.3, 0.4) is 0 Å². The highest BCUT2D eigenvalue weighted by molar-refractivity contribution is 6.19. The van der Waals surface area contributed by atoms with Crippen LogP contribution in [0.25, 0.3) is 21.8 Å². The number of phenolic OH excluding ortho intramolecular Hbond substituents is 1. The summed E-state index contributed by atoms with van der Waals surface area (Å²) < 4.78 is 10.0. The molecule has 1 unspecified atom stereocenters. The fourth-order valence-corrected chi connectivity index (χ4v) is 4.64. The molecule has 0 spiro atoms. The lowest BCUT2D eigenvalue weighted by Gasteiger charge is -2.17. The molecule has 5 rings (SSSR count). The summed E-state index contributed by atoms with van der Waals surface area (Å²) in [6, 6.07) is 10.5. The molecule has 4 aromatic rings. The summed E-state index contributed by atoms with van der Waals surface area (Å²) in [6.45, 7) is 0.355. The molecule has 0 saturated heterocycles. The van der Waals surface area contributed by atoms with Gasteiger partial charge in [0.25, 0.3) is 5.91 Å². The quantitative estimate of drug-likeness (QED) is 0.318. The predicted molar refractivity (Wildman–Crippen MR) is 121 cm³/mol. The number of aromatic hydroxyl groups is 1. The maximum atomic E-state index is 13.5. The second-order valence-electron chi connectivity index (χ2n) is 7.69. The minimum Gasteiger partial charge on any atom is -0.506 e. The first-order valence-corrected chi connectivity index (χ1v) is 10.5. The number of hydrogen-bond donors (Lipinski definition) is 3. The number of hydrogen-bond acceptors (Lipinski definition) is 5. The average molecular weight is 454 g/mol.